The molecule has 1 saturated carbocycles. The van der Waals surface area contributed by atoms with E-state index in [9.17, 15) is 8.42 Å². The van der Waals surface area contributed by atoms with Crippen LogP contribution in [-0.2, 0) is 10.0 Å². The third-order valence-electron chi connectivity index (χ3n) is 2.73. The van der Waals surface area contributed by atoms with Gasteiger partial charge in [0, 0.05) is 19.1 Å². The van der Waals surface area contributed by atoms with Gasteiger partial charge in [0.1, 0.15) is 0 Å². The molecule has 0 atom stereocenters. The highest BCUT2D eigenvalue weighted by molar-refractivity contribution is 7.89. The largest absolute Gasteiger partial charge is 0.313 e. The van der Waals surface area contributed by atoms with Crippen molar-refractivity contribution in [3.63, 3.8) is 0 Å². The predicted molar refractivity (Wildman–Crippen MR) is 70.1 cm³/mol. The Bertz CT molecular complexity index is 366. The molecule has 1 aliphatic rings. The predicted octanol–water partition coefficient (Wildman–Crippen LogP) is 0.659. The molecule has 0 spiro atoms. The fourth-order valence-electron chi connectivity index (χ4n) is 1.57. The van der Waals surface area contributed by atoms with Crippen LogP contribution in [0.4, 0.5) is 0 Å². The third-order valence-corrected chi connectivity index (χ3v) is 4.52. The molecule has 5 heteroatoms. The Labute approximate surface area is 105 Å². The lowest BCUT2D eigenvalue weighted by Crippen LogP contribution is -2.39. The van der Waals surface area contributed by atoms with Crippen LogP contribution in [0.3, 0.4) is 0 Å². The average Bonchev–Trinajstić information content (AvgIpc) is 3.00. The first-order chi connectivity index (χ1) is 7.95. The fourth-order valence-corrected chi connectivity index (χ4v) is 2.92. The highest BCUT2D eigenvalue weighted by Crippen LogP contribution is 2.30. The highest BCUT2D eigenvalue weighted by Gasteiger charge is 2.29. The molecule has 98 valence electrons. The first-order valence-electron chi connectivity index (χ1n) is 6.10. The summed E-state index contributed by atoms with van der Waals surface area (Å²) in [5.74, 6) is 3.08. The SMILES string of the molecule is C#CCN(CC1CC1)S(=O)(=O)CCNC(C)C. The van der Waals surface area contributed by atoms with E-state index in [1.54, 1.807) is 0 Å². The summed E-state index contributed by atoms with van der Waals surface area (Å²) in [6.07, 6.45) is 7.48. The van der Waals surface area contributed by atoms with Gasteiger partial charge >= 0.3 is 0 Å². The first kappa shape index (κ1) is 14.5. The van der Waals surface area contributed by atoms with Crippen molar-refractivity contribution in [3.05, 3.63) is 0 Å². The van der Waals surface area contributed by atoms with E-state index < -0.39 is 10.0 Å². The number of hydrogen-bond acceptors (Lipinski definition) is 3. The van der Waals surface area contributed by atoms with Crippen molar-refractivity contribution in [3.8, 4) is 12.3 Å². The minimum absolute atomic E-state index is 0.125. The lowest BCUT2D eigenvalue weighted by molar-refractivity contribution is 0.428. The zero-order valence-electron chi connectivity index (χ0n) is 10.6. The maximum absolute atomic E-state index is 12.1. The number of nitrogens with zero attached hydrogens (tertiary/aromatic N) is 1. The Morgan fingerprint density at radius 2 is 2.12 bits per heavy atom. The van der Waals surface area contributed by atoms with Gasteiger partial charge in [-0.1, -0.05) is 19.8 Å². The van der Waals surface area contributed by atoms with Gasteiger partial charge in [-0.2, -0.15) is 4.31 Å². The van der Waals surface area contributed by atoms with Gasteiger partial charge in [0.15, 0.2) is 0 Å². The summed E-state index contributed by atoms with van der Waals surface area (Å²) in [4.78, 5) is 0. The number of terminal acetylenes is 1. The highest BCUT2D eigenvalue weighted by atomic mass is 32.2. The standard InChI is InChI=1S/C12H22N2O2S/c1-4-8-14(10-12-5-6-12)17(15,16)9-7-13-11(2)3/h1,11-13H,5-10H2,2-3H3. The van der Waals surface area contributed by atoms with Crippen molar-refractivity contribution >= 4 is 10.0 Å². The minimum atomic E-state index is -3.21. The summed E-state index contributed by atoms with van der Waals surface area (Å²) in [6, 6.07) is 0.301. The van der Waals surface area contributed by atoms with Crippen LogP contribution in [0.5, 0.6) is 0 Å². The summed E-state index contributed by atoms with van der Waals surface area (Å²) in [5, 5.41) is 3.11. The van der Waals surface area contributed by atoms with Crippen LogP contribution in [0.15, 0.2) is 0 Å². The monoisotopic (exact) mass is 258 g/mol. The van der Waals surface area contributed by atoms with Crippen molar-refractivity contribution in [2.24, 2.45) is 5.92 Å². The molecule has 0 aromatic carbocycles. The van der Waals surface area contributed by atoms with Gasteiger partial charge in [0.2, 0.25) is 10.0 Å². The van der Waals surface area contributed by atoms with E-state index in [0.29, 0.717) is 25.0 Å². The molecular weight excluding hydrogens is 236 g/mol. The molecule has 0 aliphatic heterocycles. The van der Waals surface area contributed by atoms with Crippen molar-refractivity contribution in [2.45, 2.75) is 32.7 Å². The quantitative estimate of drug-likeness (QED) is 0.651. The molecule has 0 amide bonds. The van der Waals surface area contributed by atoms with Crippen molar-refractivity contribution in [2.75, 3.05) is 25.4 Å². The van der Waals surface area contributed by atoms with Gasteiger partial charge in [-0.25, -0.2) is 8.42 Å². The molecule has 4 nitrogen and oxygen atoms in total. The Morgan fingerprint density at radius 3 is 2.59 bits per heavy atom. The molecule has 0 heterocycles. The van der Waals surface area contributed by atoms with Crippen molar-refractivity contribution < 1.29 is 8.42 Å². The van der Waals surface area contributed by atoms with E-state index in [1.807, 2.05) is 13.8 Å². The number of sulfonamides is 1. The second kappa shape index (κ2) is 6.39. The van der Waals surface area contributed by atoms with Crippen LogP contribution < -0.4 is 5.32 Å². The Hall–Kier alpha value is -0.570. The third kappa shape index (κ3) is 5.53. The molecular formula is C12H22N2O2S. The summed E-state index contributed by atoms with van der Waals surface area (Å²) >= 11 is 0. The van der Waals surface area contributed by atoms with Crippen molar-refractivity contribution in [1.82, 2.24) is 9.62 Å². The van der Waals surface area contributed by atoms with Crippen LogP contribution >= 0.6 is 0 Å². The van der Waals surface area contributed by atoms with Gasteiger partial charge < -0.3 is 5.32 Å². The molecule has 1 aliphatic carbocycles. The van der Waals surface area contributed by atoms with Crippen LogP contribution in [0, 0.1) is 18.3 Å². The summed E-state index contributed by atoms with van der Waals surface area (Å²) in [6.45, 7) is 5.26. The van der Waals surface area contributed by atoms with Crippen LogP contribution in [0.1, 0.15) is 26.7 Å². The molecule has 0 bridgehead atoms. The van der Waals surface area contributed by atoms with Crippen LogP contribution in [-0.4, -0.2) is 44.2 Å². The molecule has 0 saturated heterocycles. The molecule has 1 rings (SSSR count). The molecule has 1 fully saturated rings. The maximum atomic E-state index is 12.1. The smallest absolute Gasteiger partial charge is 0.216 e. The second-order valence-corrected chi connectivity index (χ2v) is 6.95. The summed E-state index contributed by atoms with van der Waals surface area (Å²) in [5.41, 5.74) is 0. The summed E-state index contributed by atoms with van der Waals surface area (Å²) in [7, 11) is -3.21. The van der Waals surface area contributed by atoms with E-state index in [4.69, 9.17) is 6.42 Å². The number of hydrogen-bond donors (Lipinski definition) is 1. The van der Waals surface area contributed by atoms with Gasteiger partial charge in [0.05, 0.1) is 12.3 Å². The topological polar surface area (TPSA) is 49.4 Å². The van der Waals surface area contributed by atoms with E-state index in [-0.39, 0.29) is 12.3 Å². The van der Waals surface area contributed by atoms with E-state index in [0.717, 1.165) is 12.8 Å². The van der Waals surface area contributed by atoms with Crippen molar-refractivity contribution in [1.29, 1.82) is 0 Å². The molecule has 0 aromatic rings. The Kier molecular flexibility index (Phi) is 5.44. The number of rotatable bonds is 8. The average molecular weight is 258 g/mol. The van der Waals surface area contributed by atoms with Gasteiger partial charge in [0.25, 0.3) is 0 Å². The van der Waals surface area contributed by atoms with E-state index in [1.165, 1.54) is 4.31 Å². The number of nitrogens with one attached hydrogen (secondary N) is 1. The second-order valence-electron chi connectivity index (χ2n) is 4.86. The molecule has 17 heavy (non-hydrogen) atoms. The first-order valence-corrected chi connectivity index (χ1v) is 7.71. The summed E-state index contributed by atoms with van der Waals surface area (Å²) < 4.78 is 25.6. The van der Waals surface area contributed by atoms with E-state index >= 15 is 0 Å². The molecule has 0 aromatic heterocycles. The maximum Gasteiger partial charge on any atom is 0.216 e. The van der Waals surface area contributed by atoms with Gasteiger partial charge in [-0.15, -0.1) is 6.42 Å². The fraction of sp³-hybridized carbons (Fsp3) is 0.833. The van der Waals surface area contributed by atoms with Crippen LogP contribution in [0.2, 0.25) is 0 Å². The normalized spacial score (nSPS) is 16.4. The Morgan fingerprint density at radius 1 is 1.47 bits per heavy atom. The molecule has 0 radical (unpaired) electrons. The zero-order chi connectivity index (χ0) is 12.9. The Balaban J connectivity index is 2.47. The van der Waals surface area contributed by atoms with Gasteiger partial charge in [-0.3, -0.25) is 0 Å². The zero-order valence-corrected chi connectivity index (χ0v) is 11.5. The van der Waals surface area contributed by atoms with Gasteiger partial charge in [-0.05, 0) is 18.8 Å². The molecule has 1 N–H and O–H groups in total. The van der Waals surface area contributed by atoms with E-state index in [2.05, 4.69) is 11.2 Å². The minimum Gasteiger partial charge on any atom is -0.313 e. The van der Waals surface area contributed by atoms with Crippen LogP contribution in [0.25, 0.3) is 0 Å². The lowest BCUT2D eigenvalue weighted by atomic mass is 10.4. The molecule has 0 unspecified atom stereocenters. The lowest BCUT2D eigenvalue weighted by Gasteiger charge is -2.20.